The van der Waals surface area contributed by atoms with E-state index >= 15 is 0 Å². The molecule has 1 unspecified atom stereocenters. The van der Waals surface area contributed by atoms with E-state index in [1.165, 1.54) is 10.5 Å². The van der Waals surface area contributed by atoms with Crippen LogP contribution < -0.4 is 0 Å². The summed E-state index contributed by atoms with van der Waals surface area (Å²) in [5, 5.41) is 9.87. The van der Waals surface area contributed by atoms with Crippen LogP contribution in [-0.4, -0.2) is 10.9 Å². The molecule has 1 heterocycles. The maximum atomic E-state index is 9.87. The van der Waals surface area contributed by atoms with Gasteiger partial charge in [0.05, 0.1) is 0 Å². The molecule has 1 aromatic rings. The van der Waals surface area contributed by atoms with E-state index in [0.29, 0.717) is 0 Å². The fourth-order valence-electron chi connectivity index (χ4n) is 2.25. The average molecular weight is 232 g/mol. The van der Waals surface area contributed by atoms with E-state index in [2.05, 4.69) is 25.8 Å². The van der Waals surface area contributed by atoms with Gasteiger partial charge in [-0.25, -0.2) is 0 Å². The third-order valence-electron chi connectivity index (χ3n) is 3.17. The lowest BCUT2D eigenvalue weighted by Gasteiger charge is -2.34. The van der Waals surface area contributed by atoms with Gasteiger partial charge in [-0.3, -0.25) is 0 Å². The Balaban J connectivity index is 2.61. The molecule has 1 atom stereocenters. The van der Waals surface area contributed by atoms with Crippen molar-refractivity contribution in [1.29, 1.82) is 0 Å². The molecular weight excluding hydrogens is 216 g/mol. The van der Waals surface area contributed by atoms with E-state index in [1.54, 1.807) is 0 Å². The molecule has 2 rings (SSSR count). The SMILES string of the molecule is C#CC(O)c1cccc2c1C(C)(C)CCS2. The van der Waals surface area contributed by atoms with Crippen molar-refractivity contribution in [2.75, 3.05) is 5.75 Å². The summed E-state index contributed by atoms with van der Waals surface area (Å²) in [6, 6.07) is 6.04. The highest BCUT2D eigenvalue weighted by atomic mass is 32.2. The minimum absolute atomic E-state index is 0.106. The summed E-state index contributed by atoms with van der Waals surface area (Å²) in [5.74, 6) is 3.55. The van der Waals surface area contributed by atoms with Gasteiger partial charge in [-0.15, -0.1) is 18.2 Å². The zero-order valence-corrected chi connectivity index (χ0v) is 10.5. The van der Waals surface area contributed by atoms with Crippen LogP contribution in [0.15, 0.2) is 23.1 Å². The summed E-state index contributed by atoms with van der Waals surface area (Å²) in [4.78, 5) is 1.27. The van der Waals surface area contributed by atoms with E-state index in [0.717, 1.165) is 17.7 Å². The van der Waals surface area contributed by atoms with Gasteiger partial charge >= 0.3 is 0 Å². The summed E-state index contributed by atoms with van der Waals surface area (Å²) in [5.41, 5.74) is 2.24. The summed E-state index contributed by atoms with van der Waals surface area (Å²) < 4.78 is 0. The van der Waals surface area contributed by atoms with Crippen molar-refractivity contribution < 1.29 is 5.11 Å². The van der Waals surface area contributed by atoms with E-state index in [4.69, 9.17) is 6.42 Å². The fourth-order valence-corrected chi connectivity index (χ4v) is 3.80. The van der Waals surface area contributed by atoms with Crippen molar-refractivity contribution in [2.24, 2.45) is 0 Å². The van der Waals surface area contributed by atoms with Crippen LogP contribution in [0.2, 0.25) is 0 Å². The number of hydrogen-bond acceptors (Lipinski definition) is 2. The van der Waals surface area contributed by atoms with Gasteiger partial charge in [-0.2, -0.15) is 0 Å². The highest BCUT2D eigenvalue weighted by Crippen LogP contribution is 2.44. The van der Waals surface area contributed by atoms with Crippen LogP contribution in [0.25, 0.3) is 0 Å². The Morgan fingerprint density at radius 2 is 2.25 bits per heavy atom. The maximum absolute atomic E-state index is 9.87. The summed E-state index contributed by atoms with van der Waals surface area (Å²) in [7, 11) is 0. The maximum Gasteiger partial charge on any atom is 0.140 e. The number of benzene rings is 1. The molecule has 2 heteroatoms. The van der Waals surface area contributed by atoms with Crippen LogP contribution in [0.3, 0.4) is 0 Å². The normalized spacial score (nSPS) is 19.6. The molecule has 16 heavy (non-hydrogen) atoms. The van der Waals surface area contributed by atoms with Gasteiger partial charge in [0.25, 0.3) is 0 Å². The number of rotatable bonds is 1. The highest BCUT2D eigenvalue weighted by molar-refractivity contribution is 7.99. The molecule has 0 saturated carbocycles. The fraction of sp³-hybridized carbons (Fsp3) is 0.429. The van der Waals surface area contributed by atoms with Crippen LogP contribution >= 0.6 is 11.8 Å². The van der Waals surface area contributed by atoms with Gasteiger partial charge in [-0.1, -0.05) is 31.9 Å². The molecule has 84 valence electrons. The average Bonchev–Trinajstić information content (AvgIpc) is 2.27. The van der Waals surface area contributed by atoms with Gasteiger partial charge in [0.2, 0.25) is 0 Å². The molecule has 0 saturated heterocycles. The Morgan fingerprint density at radius 1 is 1.50 bits per heavy atom. The van der Waals surface area contributed by atoms with Gasteiger partial charge in [-0.05, 0) is 34.8 Å². The third-order valence-corrected chi connectivity index (χ3v) is 4.23. The van der Waals surface area contributed by atoms with Crippen molar-refractivity contribution >= 4 is 11.8 Å². The molecule has 1 N–H and O–H groups in total. The number of aliphatic hydroxyl groups excluding tert-OH is 1. The van der Waals surface area contributed by atoms with Crippen molar-refractivity contribution in [1.82, 2.24) is 0 Å². The van der Waals surface area contributed by atoms with Crippen molar-refractivity contribution in [3.05, 3.63) is 29.3 Å². The van der Waals surface area contributed by atoms with E-state index in [1.807, 2.05) is 23.9 Å². The minimum atomic E-state index is -0.784. The van der Waals surface area contributed by atoms with Crippen LogP contribution in [0.5, 0.6) is 0 Å². The molecule has 0 spiro atoms. The molecule has 1 aliphatic rings. The van der Waals surface area contributed by atoms with Gasteiger partial charge in [0.15, 0.2) is 0 Å². The monoisotopic (exact) mass is 232 g/mol. The zero-order chi connectivity index (χ0) is 11.8. The predicted molar refractivity (Wildman–Crippen MR) is 68.6 cm³/mol. The number of aliphatic hydroxyl groups is 1. The molecule has 0 radical (unpaired) electrons. The molecule has 0 fully saturated rings. The van der Waals surface area contributed by atoms with Crippen molar-refractivity contribution in [2.45, 2.75) is 36.7 Å². The molecule has 0 aliphatic carbocycles. The van der Waals surface area contributed by atoms with Crippen LogP contribution in [0.4, 0.5) is 0 Å². The Morgan fingerprint density at radius 3 is 2.94 bits per heavy atom. The van der Waals surface area contributed by atoms with Crippen LogP contribution in [0.1, 0.15) is 37.5 Å². The Bertz CT molecular complexity index is 443. The van der Waals surface area contributed by atoms with E-state index < -0.39 is 6.10 Å². The highest BCUT2D eigenvalue weighted by Gasteiger charge is 2.31. The Kier molecular flexibility index (Phi) is 3.01. The first kappa shape index (κ1) is 11.6. The second-order valence-electron chi connectivity index (χ2n) is 4.77. The lowest BCUT2D eigenvalue weighted by atomic mass is 9.78. The molecule has 0 bridgehead atoms. The van der Waals surface area contributed by atoms with Crippen LogP contribution in [-0.2, 0) is 5.41 Å². The Hall–Kier alpha value is -0.910. The standard InChI is InChI=1S/C14H16OS/c1-4-11(15)10-6-5-7-12-13(10)14(2,3)8-9-16-12/h1,5-7,11,15H,8-9H2,2-3H3. The van der Waals surface area contributed by atoms with Crippen LogP contribution in [0, 0.1) is 12.3 Å². The second kappa shape index (κ2) is 4.16. The van der Waals surface area contributed by atoms with Crippen molar-refractivity contribution in [3.63, 3.8) is 0 Å². The Labute approximate surface area is 101 Å². The second-order valence-corrected chi connectivity index (χ2v) is 5.91. The molecule has 1 aromatic carbocycles. The minimum Gasteiger partial charge on any atom is -0.376 e. The smallest absolute Gasteiger partial charge is 0.140 e. The van der Waals surface area contributed by atoms with Gasteiger partial charge in [0, 0.05) is 4.90 Å². The number of terminal acetylenes is 1. The van der Waals surface area contributed by atoms with Gasteiger partial charge in [0.1, 0.15) is 6.10 Å². The number of hydrogen-bond donors (Lipinski definition) is 1. The largest absolute Gasteiger partial charge is 0.376 e. The number of fused-ring (bicyclic) bond motifs is 1. The quantitative estimate of drug-likeness (QED) is 0.751. The number of thioether (sulfide) groups is 1. The summed E-state index contributed by atoms with van der Waals surface area (Å²) in [6.45, 7) is 4.44. The molecular formula is C14H16OS. The predicted octanol–water partition coefficient (Wildman–Crippen LogP) is 3.13. The van der Waals surface area contributed by atoms with E-state index in [9.17, 15) is 5.11 Å². The molecule has 1 aliphatic heterocycles. The molecule has 0 aromatic heterocycles. The van der Waals surface area contributed by atoms with E-state index in [-0.39, 0.29) is 5.41 Å². The lowest BCUT2D eigenvalue weighted by molar-refractivity contribution is 0.234. The summed E-state index contributed by atoms with van der Waals surface area (Å²) >= 11 is 1.85. The first-order valence-electron chi connectivity index (χ1n) is 5.46. The first-order valence-corrected chi connectivity index (χ1v) is 6.45. The summed E-state index contributed by atoms with van der Waals surface area (Å²) in [6.07, 6.45) is 5.66. The molecule has 1 nitrogen and oxygen atoms in total. The lowest BCUT2D eigenvalue weighted by Crippen LogP contribution is -2.25. The van der Waals surface area contributed by atoms with Crippen molar-refractivity contribution in [3.8, 4) is 12.3 Å². The first-order chi connectivity index (χ1) is 7.56. The topological polar surface area (TPSA) is 20.2 Å². The molecule has 0 amide bonds. The third kappa shape index (κ3) is 1.86. The zero-order valence-electron chi connectivity index (χ0n) is 9.66. The van der Waals surface area contributed by atoms with Gasteiger partial charge < -0.3 is 5.11 Å².